The lowest BCUT2D eigenvalue weighted by Crippen LogP contribution is -2.35. The van der Waals surface area contributed by atoms with E-state index >= 15 is 0 Å². The summed E-state index contributed by atoms with van der Waals surface area (Å²) < 4.78 is 5.48. The van der Waals surface area contributed by atoms with Crippen molar-refractivity contribution in [2.75, 3.05) is 0 Å². The number of carbonyl (C=O) groups excluding carboxylic acids is 1. The fourth-order valence-electron chi connectivity index (χ4n) is 2.40. The first-order valence-electron chi connectivity index (χ1n) is 9.28. The van der Waals surface area contributed by atoms with Crippen molar-refractivity contribution in [2.45, 2.75) is 91.0 Å². The fourth-order valence-corrected chi connectivity index (χ4v) is 2.40. The van der Waals surface area contributed by atoms with Crippen LogP contribution in [0.2, 0.25) is 0 Å². The molecule has 1 unspecified atom stereocenters. The van der Waals surface area contributed by atoms with Crippen molar-refractivity contribution in [1.82, 2.24) is 0 Å². The number of carbonyl (C=O) groups is 1. The molecular weight excluding hydrogens is 316 g/mol. The molecular formula is C21H34O4. The summed E-state index contributed by atoms with van der Waals surface area (Å²) in [6.45, 7) is 11.6. The van der Waals surface area contributed by atoms with Gasteiger partial charge in [0.05, 0.1) is 0 Å². The van der Waals surface area contributed by atoms with Crippen LogP contribution >= 0.6 is 0 Å². The maximum absolute atomic E-state index is 12.4. The number of esters is 1. The Bertz CT molecular complexity index is 502. The first-order valence-corrected chi connectivity index (χ1v) is 9.28. The molecule has 4 nitrogen and oxygen atoms in total. The van der Waals surface area contributed by atoms with Crippen molar-refractivity contribution < 1.29 is 19.3 Å². The first kappa shape index (κ1) is 21.7. The zero-order chi connectivity index (χ0) is 18.9. The molecule has 1 rings (SSSR count). The average molecular weight is 350 g/mol. The molecule has 0 bridgehead atoms. The van der Waals surface area contributed by atoms with Crippen LogP contribution in [0.25, 0.3) is 0 Å². The maximum atomic E-state index is 12.4. The summed E-state index contributed by atoms with van der Waals surface area (Å²) in [7, 11) is 0. The Labute approximate surface area is 152 Å². The second-order valence-corrected chi connectivity index (χ2v) is 7.93. The van der Waals surface area contributed by atoms with Crippen molar-refractivity contribution in [3.05, 3.63) is 35.9 Å². The van der Waals surface area contributed by atoms with E-state index in [2.05, 4.69) is 6.92 Å². The van der Waals surface area contributed by atoms with Crippen molar-refractivity contribution >= 4 is 5.97 Å². The van der Waals surface area contributed by atoms with Crippen LogP contribution in [0, 0.1) is 0 Å². The van der Waals surface area contributed by atoms with E-state index in [1.165, 1.54) is 0 Å². The monoisotopic (exact) mass is 350 g/mol. The van der Waals surface area contributed by atoms with Crippen LogP contribution in [0.3, 0.4) is 0 Å². The minimum atomic E-state index is -0.709. The molecule has 0 aliphatic heterocycles. The third-order valence-corrected chi connectivity index (χ3v) is 3.83. The Hall–Kier alpha value is -1.39. The van der Waals surface area contributed by atoms with E-state index in [1.807, 2.05) is 65.0 Å². The molecule has 0 radical (unpaired) electrons. The summed E-state index contributed by atoms with van der Waals surface area (Å²) in [5, 5.41) is 0. The predicted molar refractivity (Wildman–Crippen MR) is 100 cm³/mol. The van der Waals surface area contributed by atoms with Gasteiger partial charge in [0.15, 0.2) is 6.10 Å². The molecule has 0 heterocycles. The van der Waals surface area contributed by atoms with Crippen LogP contribution in [0.5, 0.6) is 0 Å². The van der Waals surface area contributed by atoms with Crippen molar-refractivity contribution in [1.29, 1.82) is 0 Å². The van der Waals surface area contributed by atoms with Gasteiger partial charge in [-0.25, -0.2) is 14.6 Å². The Morgan fingerprint density at radius 3 is 2.20 bits per heavy atom. The van der Waals surface area contributed by atoms with Crippen molar-refractivity contribution in [2.24, 2.45) is 0 Å². The highest BCUT2D eigenvalue weighted by Gasteiger charge is 2.30. The summed E-state index contributed by atoms with van der Waals surface area (Å²) in [5.41, 5.74) is -0.203. The van der Waals surface area contributed by atoms with Crippen LogP contribution in [0.1, 0.15) is 79.2 Å². The second kappa shape index (κ2) is 9.93. The first-order chi connectivity index (χ1) is 11.7. The van der Waals surface area contributed by atoms with Crippen molar-refractivity contribution in [3.63, 3.8) is 0 Å². The summed E-state index contributed by atoms with van der Waals surface area (Å²) >= 11 is 0. The molecule has 0 aliphatic carbocycles. The summed E-state index contributed by atoms with van der Waals surface area (Å²) in [5.74, 6) is -0.368. The fraction of sp³-hybridized carbons (Fsp3) is 0.667. The molecule has 0 saturated heterocycles. The minimum Gasteiger partial charge on any atom is -0.458 e. The van der Waals surface area contributed by atoms with E-state index in [-0.39, 0.29) is 5.97 Å². The van der Waals surface area contributed by atoms with Gasteiger partial charge in [0.25, 0.3) is 0 Å². The third-order valence-electron chi connectivity index (χ3n) is 3.83. The van der Waals surface area contributed by atoms with Gasteiger partial charge in [0.2, 0.25) is 0 Å². The highest BCUT2D eigenvalue weighted by atomic mass is 17.2. The Morgan fingerprint density at radius 1 is 1.00 bits per heavy atom. The largest absolute Gasteiger partial charge is 0.458 e. The second-order valence-electron chi connectivity index (χ2n) is 7.93. The van der Waals surface area contributed by atoms with Gasteiger partial charge in [-0.2, -0.15) is 0 Å². The van der Waals surface area contributed by atoms with Gasteiger partial charge in [0.1, 0.15) is 11.2 Å². The molecule has 0 fully saturated rings. The van der Waals surface area contributed by atoms with E-state index in [4.69, 9.17) is 14.5 Å². The number of ether oxygens (including phenoxy) is 1. The van der Waals surface area contributed by atoms with E-state index in [0.29, 0.717) is 6.42 Å². The van der Waals surface area contributed by atoms with Gasteiger partial charge in [-0.15, -0.1) is 0 Å². The quantitative estimate of drug-likeness (QED) is 0.240. The lowest BCUT2D eigenvalue weighted by atomic mass is 9.99. The lowest BCUT2D eigenvalue weighted by molar-refractivity contribution is -0.378. The molecule has 0 amide bonds. The van der Waals surface area contributed by atoms with Gasteiger partial charge in [-0.1, -0.05) is 62.9 Å². The Kier molecular flexibility index (Phi) is 8.60. The molecule has 0 N–H and O–H groups in total. The molecule has 25 heavy (non-hydrogen) atoms. The topological polar surface area (TPSA) is 44.8 Å². The van der Waals surface area contributed by atoms with Crippen LogP contribution in [0.4, 0.5) is 0 Å². The predicted octanol–water partition coefficient (Wildman–Crippen LogP) is 5.55. The third kappa shape index (κ3) is 8.50. The molecule has 1 aromatic carbocycles. The summed E-state index contributed by atoms with van der Waals surface area (Å²) in [6.07, 6.45) is 4.17. The SMILES string of the molecule is CCCCCCC(OOC(C)(C)c1ccccc1)C(=O)OC(C)(C)C. The van der Waals surface area contributed by atoms with E-state index < -0.39 is 17.3 Å². The zero-order valence-electron chi connectivity index (χ0n) is 16.6. The van der Waals surface area contributed by atoms with E-state index in [9.17, 15) is 4.79 Å². The van der Waals surface area contributed by atoms with Gasteiger partial charge in [-0.3, -0.25) is 0 Å². The minimum absolute atomic E-state index is 0.368. The molecule has 0 aliphatic rings. The molecule has 0 aromatic heterocycles. The smallest absolute Gasteiger partial charge is 0.339 e. The molecule has 0 spiro atoms. The van der Waals surface area contributed by atoms with Gasteiger partial charge >= 0.3 is 5.97 Å². The van der Waals surface area contributed by atoms with Crippen LogP contribution in [0.15, 0.2) is 30.3 Å². The average Bonchev–Trinajstić information content (AvgIpc) is 2.53. The van der Waals surface area contributed by atoms with Crippen LogP contribution in [-0.2, 0) is 24.9 Å². The summed E-state index contributed by atoms with van der Waals surface area (Å²) in [6, 6.07) is 9.82. The standard InChI is InChI=1S/C21H34O4/c1-7-8-9-13-16-18(19(22)23-20(2,3)4)24-25-21(5,6)17-14-11-10-12-15-17/h10-12,14-15,18H,7-9,13,16H2,1-6H3. The Balaban J connectivity index is 2.69. The summed E-state index contributed by atoms with van der Waals surface area (Å²) in [4.78, 5) is 23.7. The number of hydrogen-bond acceptors (Lipinski definition) is 4. The number of hydrogen-bond donors (Lipinski definition) is 0. The number of benzene rings is 1. The van der Waals surface area contributed by atoms with E-state index in [1.54, 1.807) is 0 Å². The van der Waals surface area contributed by atoms with Gasteiger partial charge in [0, 0.05) is 0 Å². The normalized spacial score (nSPS) is 13.5. The van der Waals surface area contributed by atoms with Crippen LogP contribution in [-0.4, -0.2) is 17.7 Å². The molecule has 0 saturated carbocycles. The highest BCUT2D eigenvalue weighted by molar-refractivity contribution is 5.75. The van der Waals surface area contributed by atoms with Crippen molar-refractivity contribution in [3.8, 4) is 0 Å². The zero-order valence-corrected chi connectivity index (χ0v) is 16.6. The molecule has 1 aromatic rings. The molecule has 142 valence electrons. The lowest BCUT2D eigenvalue weighted by Gasteiger charge is -2.28. The van der Waals surface area contributed by atoms with E-state index in [0.717, 1.165) is 31.2 Å². The molecule has 4 heteroatoms. The number of unbranched alkanes of at least 4 members (excludes halogenated alkanes) is 3. The molecule has 1 atom stereocenters. The maximum Gasteiger partial charge on any atom is 0.339 e. The Morgan fingerprint density at radius 2 is 1.64 bits per heavy atom. The van der Waals surface area contributed by atoms with Gasteiger partial charge in [-0.05, 0) is 46.6 Å². The highest BCUT2D eigenvalue weighted by Crippen LogP contribution is 2.26. The number of rotatable bonds is 10. The van der Waals surface area contributed by atoms with Gasteiger partial charge < -0.3 is 4.74 Å². The van der Waals surface area contributed by atoms with Crippen LogP contribution < -0.4 is 0 Å².